The lowest BCUT2D eigenvalue weighted by molar-refractivity contribution is -0.113. The fraction of sp³-hybridized carbons (Fsp3) is 0.273. The Hall–Kier alpha value is -2.65. The summed E-state index contributed by atoms with van der Waals surface area (Å²) in [5.74, 6) is 0.567. The molecule has 1 aromatic heterocycles. The van der Waals surface area contributed by atoms with Gasteiger partial charge in [0.1, 0.15) is 0 Å². The van der Waals surface area contributed by atoms with E-state index in [1.807, 2.05) is 61.7 Å². The first-order valence-electron chi connectivity index (χ1n) is 9.86. The Bertz CT molecular complexity index is 1070. The number of carbonyl (C=O) groups excluding carboxylic acids is 2. The molecule has 9 heteroatoms. The zero-order valence-corrected chi connectivity index (χ0v) is 20.0. The molecule has 3 rings (SSSR count). The summed E-state index contributed by atoms with van der Waals surface area (Å²) in [5.41, 5.74) is 2.39. The number of aromatic nitrogens is 3. The van der Waals surface area contributed by atoms with Crippen LogP contribution in [0.5, 0.6) is 0 Å². The maximum absolute atomic E-state index is 12.4. The van der Waals surface area contributed by atoms with Crippen LogP contribution in [0.3, 0.4) is 0 Å². The largest absolute Gasteiger partial charge is 0.342 e. The van der Waals surface area contributed by atoms with E-state index >= 15 is 0 Å². The lowest BCUT2D eigenvalue weighted by atomic mass is 10.2. The zero-order chi connectivity index (χ0) is 22.4. The van der Waals surface area contributed by atoms with E-state index in [2.05, 4.69) is 36.8 Å². The van der Waals surface area contributed by atoms with Crippen LogP contribution in [0.1, 0.15) is 41.6 Å². The zero-order valence-electron chi connectivity index (χ0n) is 17.6. The van der Waals surface area contributed by atoms with Gasteiger partial charge in [-0.15, -0.1) is 10.2 Å². The second kappa shape index (κ2) is 10.6. The van der Waals surface area contributed by atoms with Gasteiger partial charge in [-0.05, 0) is 56.7 Å². The van der Waals surface area contributed by atoms with Crippen LogP contribution < -0.4 is 10.6 Å². The molecule has 2 aromatic carbocycles. The number of anilines is 1. The quantitative estimate of drug-likeness (QED) is 0.440. The van der Waals surface area contributed by atoms with Crippen LogP contribution >= 0.6 is 27.7 Å². The summed E-state index contributed by atoms with van der Waals surface area (Å²) in [4.78, 5) is 24.8. The normalized spacial score (nSPS) is 11.7. The molecule has 0 aliphatic rings. The van der Waals surface area contributed by atoms with Crippen molar-refractivity contribution in [2.45, 2.75) is 38.5 Å². The van der Waals surface area contributed by atoms with E-state index in [4.69, 9.17) is 0 Å². The summed E-state index contributed by atoms with van der Waals surface area (Å²) in [6.07, 6.45) is 0. The third-order valence-corrected chi connectivity index (χ3v) is 6.46. The van der Waals surface area contributed by atoms with Gasteiger partial charge in [-0.1, -0.05) is 45.9 Å². The maximum atomic E-state index is 12.4. The SMILES string of the molecule is CCn1c(SCC(=O)Nc2ccc(Br)c(C)c2)nnc1[C@H](C)NC(=O)c1ccccc1. The summed E-state index contributed by atoms with van der Waals surface area (Å²) in [7, 11) is 0. The predicted molar refractivity (Wildman–Crippen MR) is 126 cm³/mol. The number of nitrogens with zero attached hydrogens (tertiary/aromatic N) is 3. The van der Waals surface area contributed by atoms with Crippen LogP contribution in [0.2, 0.25) is 0 Å². The Morgan fingerprint density at radius 3 is 2.58 bits per heavy atom. The van der Waals surface area contributed by atoms with Crippen LogP contribution in [0.25, 0.3) is 0 Å². The van der Waals surface area contributed by atoms with Crippen molar-refractivity contribution in [2.75, 3.05) is 11.1 Å². The fourth-order valence-corrected chi connectivity index (χ4v) is 4.06. The number of thioether (sulfide) groups is 1. The van der Waals surface area contributed by atoms with Gasteiger partial charge in [0.25, 0.3) is 5.91 Å². The van der Waals surface area contributed by atoms with Crippen LogP contribution in [-0.2, 0) is 11.3 Å². The number of rotatable bonds is 8. The van der Waals surface area contributed by atoms with Crippen molar-refractivity contribution >= 4 is 45.2 Å². The van der Waals surface area contributed by atoms with Crippen molar-refractivity contribution in [1.82, 2.24) is 20.1 Å². The number of carbonyl (C=O) groups is 2. The molecular weight excluding hydrogens is 478 g/mol. The minimum atomic E-state index is -0.325. The Labute approximate surface area is 194 Å². The molecule has 1 heterocycles. The summed E-state index contributed by atoms with van der Waals surface area (Å²) in [5, 5.41) is 15.0. The summed E-state index contributed by atoms with van der Waals surface area (Å²) >= 11 is 4.77. The number of nitrogens with one attached hydrogen (secondary N) is 2. The van der Waals surface area contributed by atoms with Crippen LogP contribution in [0, 0.1) is 6.92 Å². The Balaban J connectivity index is 1.62. The van der Waals surface area contributed by atoms with Crippen molar-refractivity contribution in [2.24, 2.45) is 0 Å². The molecule has 0 saturated heterocycles. The first kappa shape index (κ1) is 23.0. The van der Waals surface area contributed by atoms with Gasteiger partial charge in [0, 0.05) is 22.3 Å². The third-order valence-electron chi connectivity index (χ3n) is 4.61. The molecule has 0 aliphatic heterocycles. The van der Waals surface area contributed by atoms with Gasteiger partial charge >= 0.3 is 0 Å². The highest BCUT2D eigenvalue weighted by molar-refractivity contribution is 9.10. The van der Waals surface area contributed by atoms with E-state index in [0.29, 0.717) is 23.1 Å². The van der Waals surface area contributed by atoms with Crippen molar-refractivity contribution in [3.05, 3.63) is 70.0 Å². The average Bonchev–Trinajstić information content (AvgIpc) is 3.18. The second-order valence-electron chi connectivity index (χ2n) is 6.95. The molecule has 0 saturated carbocycles. The van der Waals surface area contributed by atoms with Gasteiger partial charge in [-0.3, -0.25) is 9.59 Å². The molecule has 1 atom stereocenters. The molecule has 0 aliphatic carbocycles. The van der Waals surface area contributed by atoms with E-state index in [9.17, 15) is 9.59 Å². The second-order valence-corrected chi connectivity index (χ2v) is 8.74. The standard InChI is InChI=1S/C22H24BrN5O2S/c1-4-28-20(15(3)24-21(30)16-8-6-5-7-9-16)26-27-22(28)31-13-19(29)25-17-10-11-18(23)14(2)12-17/h5-12,15H,4,13H2,1-3H3,(H,24,30)(H,25,29)/t15-/m0/s1. The highest BCUT2D eigenvalue weighted by atomic mass is 79.9. The van der Waals surface area contributed by atoms with E-state index in [1.165, 1.54) is 11.8 Å². The monoisotopic (exact) mass is 501 g/mol. The highest BCUT2D eigenvalue weighted by Crippen LogP contribution is 2.23. The predicted octanol–water partition coefficient (Wildman–Crippen LogP) is 4.59. The van der Waals surface area contributed by atoms with Crippen LogP contribution in [0.4, 0.5) is 5.69 Å². The van der Waals surface area contributed by atoms with Gasteiger partial charge < -0.3 is 15.2 Å². The number of amides is 2. The van der Waals surface area contributed by atoms with Gasteiger partial charge in [0.05, 0.1) is 11.8 Å². The highest BCUT2D eigenvalue weighted by Gasteiger charge is 2.20. The average molecular weight is 502 g/mol. The van der Waals surface area contributed by atoms with Gasteiger partial charge in [0.15, 0.2) is 11.0 Å². The maximum Gasteiger partial charge on any atom is 0.251 e. The van der Waals surface area contributed by atoms with Gasteiger partial charge in [-0.2, -0.15) is 0 Å². The van der Waals surface area contributed by atoms with E-state index in [0.717, 1.165) is 15.7 Å². The smallest absolute Gasteiger partial charge is 0.251 e. The summed E-state index contributed by atoms with van der Waals surface area (Å²) in [6, 6.07) is 14.4. The molecule has 0 fully saturated rings. The van der Waals surface area contributed by atoms with E-state index in [-0.39, 0.29) is 23.6 Å². The molecule has 0 unspecified atom stereocenters. The molecule has 2 amide bonds. The molecular formula is C22H24BrN5O2S. The summed E-state index contributed by atoms with van der Waals surface area (Å²) in [6.45, 7) is 6.45. The minimum absolute atomic E-state index is 0.121. The topological polar surface area (TPSA) is 88.9 Å². The molecule has 2 N–H and O–H groups in total. The summed E-state index contributed by atoms with van der Waals surface area (Å²) < 4.78 is 2.91. The third kappa shape index (κ3) is 5.95. The lowest BCUT2D eigenvalue weighted by Gasteiger charge is -2.15. The first-order chi connectivity index (χ1) is 14.9. The number of aryl methyl sites for hydroxylation is 1. The minimum Gasteiger partial charge on any atom is -0.342 e. The van der Waals surface area contributed by atoms with Gasteiger partial charge in [0.2, 0.25) is 5.91 Å². The van der Waals surface area contributed by atoms with Crippen molar-refractivity contribution < 1.29 is 9.59 Å². The Morgan fingerprint density at radius 1 is 1.16 bits per heavy atom. The van der Waals surface area contributed by atoms with Crippen LogP contribution in [-0.4, -0.2) is 32.3 Å². The number of hydrogen-bond donors (Lipinski definition) is 2. The Morgan fingerprint density at radius 2 is 1.90 bits per heavy atom. The van der Waals surface area contributed by atoms with Gasteiger partial charge in [-0.25, -0.2) is 0 Å². The van der Waals surface area contributed by atoms with Crippen molar-refractivity contribution in [3.63, 3.8) is 0 Å². The molecule has 0 bridgehead atoms. The fourth-order valence-electron chi connectivity index (χ4n) is 3.01. The molecule has 3 aromatic rings. The Kier molecular flexibility index (Phi) is 7.86. The molecule has 0 spiro atoms. The molecule has 0 radical (unpaired) electrons. The molecule has 162 valence electrons. The van der Waals surface area contributed by atoms with E-state index in [1.54, 1.807) is 12.1 Å². The number of benzene rings is 2. The molecule has 7 nitrogen and oxygen atoms in total. The first-order valence-corrected chi connectivity index (χ1v) is 11.6. The lowest BCUT2D eigenvalue weighted by Crippen LogP contribution is -2.28. The number of halogens is 1. The molecule has 31 heavy (non-hydrogen) atoms. The van der Waals surface area contributed by atoms with Crippen molar-refractivity contribution in [3.8, 4) is 0 Å². The number of hydrogen-bond acceptors (Lipinski definition) is 5. The van der Waals surface area contributed by atoms with Crippen molar-refractivity contribution in [1.29, 1.82) is 0 Å². The van der Waals surface area contributed by atoms with Crippen LogP contribution in [0.15, 0.2) is 58.2 Å². The van der Waals surface area contributed by atoms with E-state index < -0.39 is 0 Å².